The van der Waals surface area contributed by atoms with E-state index in [1.807, 2.05) is 78.9 Å². The summed E-state index contributed by atoms with van der Waals surface area (Å²) in [4.78, 5) is 29.7. The summed E-state index contributed by atoms with van der Waals surface area (Å²) < 4.78 is 16.6. The third-order valence-corrected chi connectivity index (χ3v) is 6.41. The average molecular weight is 497 g/mol. The topological polar surface area (TPSA) is 80.3 Å². The van der Waals surface area contributed by atoms with Crippen LogP contribution in [0, 0.1) is 0 Å². The summed E-state index contributed by atoms with van der Waals surface area (Å²) in [6, 6.07) is 25.7. The summed E-state index contributed by atoms with van der Waals surface area (Å²) in [5.74, 6) is 1.93. The minimum atomic E-state index is -0.404. The second kappa shape index (κ2) is 10.2. The molecule has 0 unspecified atom stereocenters. The molecule has 5 rings (SSSR count). The van der Waals surface area contributed by atoms with E-state index in [1.165, 1.54) is 11.6 Å². The van der Waals surface area contributed by atoms with Crippen LogP contribution in [0.3, 0.4) is 0 Å². The van der Waals surface area contributed by atoms with Crippen molar-refractivity contribution in [3.05, 3.63) is 122 Å². The lowest BCUT2D eigenvalue weighted by atomic mass is 10.1. The van der Waals surface area contributed by atoms with Crippen molar-refractivity contribution >= 4 is 11.2 Å². The molecule has 0 saturated heterocycles. The summed E-state index contributed by atoms with van der Waals surface area (Å²) in [5, 5.41) is 0. The third kappa shape index (κ3) is 4.91. The number of hydrogen-bond donors (Lipinski definition) is 0. The van der Waals surface area contributed by atoms with Gasteiger partial charge in [0.15, 0.2) is 22.7 Å². The van der Waals surface area contributed by atoms with E-state index in [0.717, 1.165) is 21.3 Å². The first-order valence-electron chi connectivity index (χ1n) is 12.0. The fourth-order valence-electron chi connectivity index (χ4n) is 4.27. The molecule has 5 aromatic rings. The van der Waals surface area contributed by atoms with Crippen LogP contribution < -0.4 is 20.7 Å². The standard InChI is InChI=1S/C29H28N4O4/c1-31-25(30-27-26(31)28(34)33(3)29(35)32(27)2)17-22-14-15-23(36-18-20-10-6-4-7-11-20)24(16-22)37-19-21-12-8-5-9-13-21/h4-16H,17-19H2,1-3H3. The molecule has 0 spiro atoms. The quantitative estimate of drug-likeness (QED) is 0.327. The number of ether oxygens (including phenoxy) is 2. The van der Waals surface area contributed by atoms with Crippen LogP contribution in [0.5, 0.6) is 11.5 Å². The zero-order chi connectivity index (χ0) is 25.9. The molecule has 3 aromatic carbocycles. The average Bonchev–Trinajstić information content (AvgIpc) is 3.25. The molecule has 0 amide bonds. The predicted molar refractivity (Wildman–Crippen MR) is 142 cm³/mol. The SMILES string of the molecule is Cn1c(=O)c2c(nc(Cc3ccc(OCc4ccccc4)c(OCc4ccccc4)c3)n2C)n(C)c1=O. The Labute approximate surface area is 214 Å². The van der Waals surface area contributed by atoms with Crippen LogP contribution in [0.4, 0.5) is 0 Å². The Kier molecular flexibility index (Phi) is 6.64. The van der Waals surface area contributed by atoms with Crippen molar-refractivity contribution in [2.45, 2.75) is 19.6 Å². The molecule has 8 nitrogen and oxygen atoms in total. The molecule has 37 heavy (non-hydrogen) atoms. The van der Waals surface area contributed by atoms with E-state index >= 15 is 0 Å². The lowest BCUT2D eigenvalue weighted by Gasteiger charge is -2.15. The number of fused-ring (bicyclic) bond motifs is 1. The Hall–Kier alpha value is -4.59. The van der Waals surface area contributed by atoms with Gasteiger partial charge in [-0.3, -0.25) is 13.9 Å². The largest absolute Gasteiger partial charge is 0.485 e. The molecule has 0 atom stereocenters. The summed E-state index contributed by atoms with van der Waals surface area (Å²) in [6.45, 7) is 0.820. The molecule has 0 N–H and O–H groups in total. The van der Waals surface area contributed by atoms with Crippen molar-refractivity contribution in [1.29, 1.82) is 0 Å². The molecule has 0 radical (unpaired) electrons. The smallest absolute Gasteiger partial charge is 0.332 e. The zero-order valence-corrected chi connectivity index (χ0v) is 21.0. The Morgan fingerprint density at radius 3 is 1.89 bits per heavy atom. The Morgan fingerprint density at radius 2 is 1.27 bits per heavy atom. The molecule has 0 saturated carbocycles. The molecule has 0 bridgehead atoms. The predicted octanol–water partition coefficient (Wildman–Crippen LogP) is 3.72. The van der Waals surface area contributed by atoms with Crippen molar-refractivity contribution in [3.63, 3.8) is 0 Å². The van der Waals surface area contributed by atoms with Crippen LogP contribution in [-0.4, -0.2) is 18.7 Å². The first-order chi connectivity index (χ1) is 17.9. The second-order valence-electron chi connectivity index (χ2n) is 8.97. The fraction of sp³-hybridized carbons (Fsp3) is 0.207. The third-order valence-electron chi connectivity index (χ3n) is 6.41. The number of imidazole rings is 1. The molecular formula is C29H28N4O4. The van der Waals surface area contributed by atoms with Crippen LogP contribution in [0.2, 0.25) is 0 Å². The van der Waals surface area contributed by atoms with Gasteiger partial charge in [-0.25, -0.2) is 9.78 Å². The minimum absolute atomic E-state index is 0.365. The van der Waals surface area contributed by atoms with Crippen LogP contribution in [0.15, 0.2) is 88.5 Å². The Bertz CT molecular complexity index is 1670. The van der Waals surface area contributed by atoms with E-state index in [9.17, 15) is 9.59 Å². The highest BCUT2D eigenvalue weighted by Gasteiger charge is 2.18. The van der Waals surface area contributed by atoms with Gasteiger partial charge in [-0.2, -0.15) is 0 Å². The van der Waals surface area contributed by atoms with E-state index in [0.29, 0.717) is 48.1 Å². The van der Waals surface area contributed by atoms with Gasteiger partial charge in [0.05, 0.1) is 0 Å². The summed E-state index contributed by atoms with van der Waals surface area (Å²) in [7, 11) is 4.89. The molecule has 0 fully saturated rings. The van der Waals surface area contributed by atoms with E-state index in [4.69, 9.17) is 9.47 Å². The van der Waals surface area contributed by atoms with E-state index in [2.05, 4.69) is 4.98 Å². The molecule has 188 valence electrons. The van der Waals surface area contributed by atoms with Gasteiger partial charge in [0.25, 0.3) is 5.56 Å². The van der Waals surface area contributed by atoms with Crippen molar-refractivity contribution in [2.75, 3.05) is 0 Å². The number of aryl methyl sites for hydroxylation is 2. The van der Waals surface area contributed by atoms with Crippen molar-refractivity contribution in [2.24, 2.45) is 21.1 Å². The van der Waals surface area contributed by atoms with Crippen molar-refractivity contribution in [1.82, 2.24) is 18.7 Å². The first kappa shape index (κ1) is 24.1. The van der Waals surface area contributed by atoms with Gasteiger partial charge in [-0.15, -0.1) is 0 Å². The molecule has 8 heteroatoms. The van der Waals surface area contributed by atoms with Crippen molar-refractivity contribution < 1.29 is 9.47 Å². The van der Waals surface area contributed by atoms with Gasteiger partial charge in [0, 0.05) is 27.6 Å². The molecule has 0 aliphatic rings. The van der Waals surface area contributed by atoms with E-state index in [-0.39, 0.29) is 5.56 Å². The van der Waals surface area contributed by atoms with Gasteiger partial charge >= 0.3 is 5.69 Å². The maximum Gasteiger partial charge on any atom is 0.332 e. The summed E-state index contributed by atoms with van der Waals surface area (Å²) in [6.07, 6.45) is 0.448. The zero-order valence-electron chi connectivity index (χ0n) is 21.0. The highest BCUT2D eigenvalue weighted by Crippen LogP contribution is 2.31. The van der Waals surface area contributed by atoms with Crippen LogP contribution in [0.1, 0.15) is 22.5 Å². The fourth-order valence-corrected chi connectivity index (χ4v) is 4.27. The monoisotopic (exact) mass is 496 g/mol. The highest BCUT2D eigenvalue weighted by atomic mass is 16.5. The van der Waals surface area contributed by atoms with E-state index in [1.54, 1.807) is 18.7 Å². The van der Waals surface area contributed by atoms with Crippen molar-refractivity contribution in [3.8, 4) is 11.5 Å². The molecule has 0 aliphatic carbocycles. The lowest BCUT2D eigenvalue weighted by Crippen LogP contribution is -2.37. The normalized spacial score (nSPS) is 11.1. The van der Waals surface area contributed by atoms with Gasteiger partial charge < -0.3 is 14.0 Å². The van der Waals surface area contributed by atoms with Gasteiger partial charge in [0.2, 0.25) is 0 Å². The number of nitrogens with zero attached hydrogens (tertiary/aromatic N) is 4. The molecule has 2 heterocycles. The number of aromatic nitrogens is 4. The van der Waals surface area contributed by atoms with E-state index < -0.39 is 5.69 Å². The maximum atomic E-state index is 12.7. The molecular weight excluding hydrogens is 468 g/mol. The maximum absolute atomic E-state index is 12.7. The summed E-state index contributed by atoms with van der Waals surface area (Å²) in [5.41, 5.74) is 3.04. The van der Waals surface area contributed by atoms with Crippen LogP contribution in [0.25, 0.3) is 11.2 Å². The second-order valence-corrected chi connectivity index (χ2v) is 8.97. The van der Waals surface area contributed by atoms with Gasteiger partial charge in [-0.1, -0.05) is 66.7 Å². The van der Waals surface area contributed by atoms with Gasteiger partial charge in [-0.05, 0) is 28.8 Å². The number of rotatable bonds is 8. The number of hydrogen-bond acceptors (Lipinski definition) is 5. The first-order valence-corrected chi connectivity index (χ1v) is 12.0. The summed E-state index contributed by atoms with van der Waals surface area (Å²) >= 11 is 0. The van der Waals surface area contributed by atoms with Gasteiger partial charge in [0.1, 0.15) is 19.0 Å². The van der Waals surface area contributed by atoms with Crippen LogP contribution in [-0.2, 0) is 40.8 Å². The lowest BCUT2D eigenvalue weighted by molar-refractivity contribution is 0.255. The minimum Gasteiger partial charge on any atom is -0.485 e. The molecule has 0 aliphatic heterocycles. The number of benzene rings is 3. The highest BCUT2D eigenvalue weighted by molar-refractivity contribution is 5.71. The Balaban J connectivity index is 1.46. The Morgan fingerprint density at radius 1 is 0.676 bits per heavy atom. The van der Waals surface area contributed by atoms with Crippen LogP contribution >= 0.6 is 0 Å². The molecule has 2 aromatic heterocycles.